The Labute approximate surface area is 133 Å². The van der Waals surface area contributed by atoms with Crippen LogP contribution >= 0.6 is 0 Å². The Morgan fingerprint density at radius 2 is 2.27 bits per heavy atom. The van der Waals surface area contributed by atoms with Gasteiger partial charge in [0.2, 0.25) is 0 Å². The summed E-state index contributed by atoms with van der Waals surface area (Å²) in [4.78, 5) is 6.59. The van der Waals surface area contributed by atoms with Crippen molar-refractivity contribution in [1.29, 1.82) is 0 Å². The van der Waals surface area contributed by atoms with Crippen LogP contribution in [0.3, 0.4) is 0 Å². The summed E-state index contributed by atoms with van der Waals surface area (Å²) in [7, 11) is 5.90. The van der Waals surface area contributed by atoms with Gasteiger partial charge in [-0.15, -0.1) is 0 Å². The maximum atomic E-state index is 5.42. The van der Waals surface area contributed by atoms with Crippen molar-refractivity contribution in [1.82, 2.24) is 20.0 Å². The standard InChI is InChI=1S/C16H29N5O/c1-17-16(18-8-4-15-12-19-21(3)13-15)20(2)9-5-14-6-10-22-11-7-14/h12-14H,4-11H2,1-3H3,(H,17,18). The predicted octanol–water partition coefficient (Wildman–Crippen LogP) is 1.29. The predicted molar refractivity (Wildman–Crippen MR) is 89.1 cm³/mol. The van der Waals surface area contributed by atoms with E-state index in [2.05, 4.69) is 33.6 Å². The van der Waals surface area contributed by atoms with Gasteiger partial charge in [0, 0.05) is 53.6 Å². The fraction of sp³-hybridized carbons (Fsp3) is 0.750. The number of aromatic nitrogens is 2. The van der Waals surface area contributed by atoms with Crippen LogP contribution in [0.4, 0.5) is 0 Å². The van der Waals surface area contributed by atoms with Gasteiger partial charge in [-0.1, -0.05) is 0 Å². The lowest BCUT2D eigenvalue weighted by Crippen LogP contribution is -2.40. The van der Waals surface area contributed by atoms with Gasteiger partial charge in [-0.25, -0.2) is 0 Å². The molecule has 0 aliphatic carbocycles. The summed E-state index contributed by atoms with van der Waals surface area (Å²) in [5.74, 6) is 1.76. The SMILES string of the molecule is CN=C(NCCc1cnn(C)c1)N(C)CCC1CCOCC1. The van der Waals surface area contributed by atoms with Crippen molar-refractivity contribution in [2.24, 2.45) is 18.0 Å². The van der Waals surface area contributed by atoms with Crippen LogP contribution in [0.1, 0.15) is 24.8 Å². The van der Waals surface area contributed by atoms with Crippen LogP contribution in [0, 0.1) is 5.92 Å². The van der Waals surface area contributed by atoms with E-state index < -0.39 is 0 Å². The van der Waals surface area contributed by atoms with Crippen LogP contribution in [-0.4, -0.2) is 61.0 Å². The molecule has 0 atom stereocenters. The van der Waals surface area contributed by atoms with Gasteiger partial charge in [0.1, 0.15) is 0 Å². The first-order valence-electron chi connectivity index (χ1n) is 8.16. The first-order chi connectivity index (χ1) is 10.7. The van der Waals surface area contributed by atoms with Crippen molar-refractivity contribution in [3.05, 3.63) is 18.0 Å². The highest BCUT2D eigenvalue weighted by Gasteiger charge is 2.15. The summed E-state index contributed by atoms with van der Waals surface area (Å²) in [6.07, 6.45) is 8.53. The van der Waals surface area contributed by atoms with E-state index in [1.165, 1.54) is 24.8 Å². The molecule has 1 saturated heterocycles. The van der Waals surface area contributed by atoms with Crippen molar-refractivity contribution < 1.29 is 4.74 Å². The first kappa shape index (κ1) is 16.8. The van der Waals surface area contributed by atoms with E-state index in [0.717, 1.165) is 44.6 Å². The van der Waals surface area contributed by atoms with Crippen molar-refractivity contribution in [3.8, 4) is 0 Å². The lowest BCUT2D eigenvalue weighted by atomic mass is 9.96. The maximum absolute atomic E-state index is 5.42. The Kier molecular flexibility index (Phi) is 6.71. The van der Waals surface area contributed by atoms with Gasteiger partial charge in [0.25, 0.3) is 0 Å². The number of rotatable bonds is 6. The van der Waals surface area contributed by atoms with E-state index in [4.69, 9.17) is 4.74 Å². The highest BCUT2D eigenvalue weighted by Crippen LogP contribution is 2.18. The fourth-order valence-corrected chi connectivity index (χ4v) is 2.82. The first-order valence-corrected chi connectivity index (χ1v) is 8.16. The Balaban J connectivity index is 1.68. The number of hydrogen-bond acceptors (Lipinski definition) is 3. The largest absolute Gasteiger partial charge is 0.381 e. The molecule has 0 amide bonds. The molecule has 6 heteroatoms. The second-order valence-electron chi connectivity index (χ2n) is 6.01. The van der Waals surface area contributed by atoms with Gasteiger partial charge in [-0.05, 0) is 37.2 Å². The molecule has 0 radical (unpaired) electrons. The van der Waals surface area contributed by atoms with Gasteiger partial charge in [0.05, 0.1) is 6.20 Å². The highest BCUT2D eigenvalue weighted by molar-refractivity contribution is 5.79. The summed E-state index contributed by atoms with van der Waals surface area (Å²) >= 11 is 0. The molecule has 124 valence electrons. The summed E-state index contributed by atoms with van der Waals surface area (Å²) in [5.41, 5.74) is 1.25. The molecule has 22 heavy (non-hydrogen) atoms. The van der Waals surface area contributed by atoms with Crippen LogP contribution < -0.4 is 5.32 Å². The minimum Gasteiger partial charge on any atom is -0.381 e. The number of ether oxygens (including phenoxy) is 1. The van der Waals surface area contributed by atoms with E-state index in [0.29, 0.717) is 0 Å². The Morgan fingerprint density at radius 1 is 1.50 bits per heavy atom. The maximum Gasteiger partial charge on any atom is 0.193 e. The van der Waals surface area contributed by atoms with E-state index in [1.54, 1.807) is 0 Å². The molecule has 1 fully saturated rings. The van der Waals surface area contributed by atoms with Crippen LogP contribution in [0.15, 0.2) is 17.4 Å². The number of aryl methyl sites for hydroxylation is 1. The Hall–Kier alpha value is -1.56. The van der Waals surface area contributed by atoms with Crippen LogP contribution in [0.2, 0.25) is 0 Å². The van der Waals surface area contributed by atoms with Gasteiger partial charge < -0.3 is 15.0 Å². The summed E-state index contributed by atoms with van der Waals surface area (Å²) in [5, 5.41) is 7.62. The molecule has 6 nitrogen and oxygen atoms in total. The van der Waals surface area contributed by atoms with E-state index in [9.17, 15) is 0 Å². The monoisotopic (exact) mass is 307 g/mol. The zero-order chi connectivity index (χ0) is 15.8. The number of nitrogens with one attached hydrogen (secondary N) is 1. The topological polar surface area (TPSA) is 54.7 Å². The average molecular weight is 307 g/mol. The van der Waals surface area contributed by atoms with Gasteiger partial charge in [0.15, 0.2) is 5.96 Å². The van der Waals surface area contributed by atoms with Gasteiger partial charge in [-0.2, -0.15) is 5.10 Å². The van der Waals surface area contributed by atoms with E-state index >= 15 is 0 Å². The molecule has 1 aromatic heterocycles. The molecule has 2 heterocycles. The lowest BCUT2D eigenvalue weighted by Gasteiger charge is -2.26. The number of aliphatic imine (C=N–C) groups is 1. The summed E-state index contributed by atoms with van der Waals surface area (Å²) < 4.78 is 7.25. The number of hydrogen-bond donors (Lipinski definition) is 1. The number of nitrogens with zero attached hydrogens (tertiary/aromatic N) is 4. The zero-order valence-electron chi connectivity index (χ0n) is 14.1. The van der Waals surface area contributed by atoms with Gasteiger partial charge >= 0.3 is 0 Å². The smallest absolute Gasteiger partial charge is 0.193 e. The van der Waals surface area contributed by atoms with Crippen LogP contribution in [0.25, 0.3) is 0 Å². The average Bonchev–Trinajstić information content (AvgIpc) is 2.95. The third-order valence-corrected chi connectivity index (χ3v) is 4.24. The third kappa shape index (κ3) is 5.33. The molecule has 1 aliphatic rings. The summed E-state index contributed by atoms with van der Waals surface area (Å²) in [6.45, 7) is 3.76. The molecule has 1 aromatic rings. The van der Waals surface area contributed by atoms with Crippen molar-refractivity contribution >= 4 is 5.96 Å². The van der Waals surface area contributed by atoms with Gasteiger partial charge in [-0.3, -0.25) is 9.67 Å². The molecule has 0 bridgehead atoms. The van der Waals surface area contributed by atoms with E-state index in [-0.39, 0.29) is 0 Å². The molecular weight excluding hydrogens is 278 g/mol. The van der Waals surface area contributed by atoms with Crippen LogP contribution in [0.5, 0.6) is 0 Å². The van der Waals surface area contributed by atoms with Crippen molar-refractivity contribution in [3.63, 3.8) is 0 Å². The summed E-state index contributed by atoms with van der Waals surface area (Å²) in [6, 6.07) is 0. The minimum atomic E-state index is 0.796. The van der Waals surface area contributed by atoms with Crippen LogP contribution in [-0.2, 0) is 18.2 Å². The molecule has 0 aromatic carbocycles. The third-order valence-electron chi connectivity index (χ3n) is 4.24. The normalized spacial score (nSPS) is 16.8. The quantitative estimate of drug-likeness (QED) is 0.635. The van der Waals surface area contributed by atoms with Crippen molar-refractivity contribution in [2.75, 3.05) is 40.4 Å². The number of guanidine groups is 1. The molecule has 2 rings (SSSR count). The zero-order valence-corrected chi connectivity index (χ0v) is 14.1. The minimum absolute atomic E-state index is 0.796. The van der Waals surface area contributed by atoms with E-state index in [1.807, 2.05) is 25.0 Å². The van der Waals surface area contributed by atoms with Crippen molar-refractivity contribution in [2.45, 2.75) is 25.7 Å². The second kappa shape index (κ2) is 8.78. The highest BCUT2D eigenvalue weighted by atomic mass is 16.5. The fourth-order valence-electron chi connectivity index (χ4n) is 2.82. The second-order valence-corrected chi connectivity index (χ2v) is 6.01. The lowest BCUT2D eigenvalue weighted by molar-refractivity contribution is 0.0625. The molecule has 1 aliphatic heterocycles. The Morgan fingerprint density at radius 3 is 2.91 bits per heavy atom. The molecule has 1 N–H and O–H groups in total. The molecule has 0 spiro atoms. The molecular formula is C16H29N5O. The Bertz CT molecular complexity index is 465. The molecule has 0 saturated carbocycles. The molecule has 0 unspecified atom stereocenters.